The van der Waals surface area contributed by atoms with Crippen LogP contribution in [0, 0.1) is 0 Å². The van der Waals surface area contributed by atoms with Crippen LogP contribution >= 0.6 is 15.9 Å². The molecule has 2 unspecified atom stereocenters. The predicted octanol–water partition coefficient (Wildman–Crippen LogP) is 3.05. The fourth-order valence-electron chi connectivity index (χ4n) is 2.29. The van der Waals surface area contributed by atoms with Crippen LogP contribution < -0.4 is 0 Å². The molecule has 0 spiro atoms. The Morgan fingerprint density at radius 3 is 2.73 bits per heavy atom. The summed E-state index contributed by atoms with van der Waals surface area (Å²) in [6.45, 7) is 4.96. The van der Waals surface area contributed by atoms with Crippen molar-refractivity contribution in [2.75, 3.05) is 26.8 Å². The summed E-state index contributed by atoms with van der Waals surface area (Å²) in [5.41, 5.74) is 0. The van der Waals surface area contributed by atoms with Crippen molar-refractivity contribution in [1.29, 1.82) is 0 Å². The Hall–Kier alpha value is 0.400. The van der Waals surface area contributed by atoms with Gasteiger partial charge in [-0.2, -0.15) is 0 Å². The van der Waals surface area contributed by atoms with Crippen LogP contribution in [0.2, 0.25) is 0 Å². The molecule has 1 rings (SSSR count). The highest BCUT2D eigenvalue weighted by atomic mass is 79.9. The lowest BCUT2D eigenvalue weighted by Gasteiger charge is -2.35. The first kappa shape index (κ1) is 13.5. The molecule has 0 radical (unpaired) electrons. The van der Waals surface area contributed by atoms with Gasteiger partial charge >= 0.3 is 0 Å². The highest BCUT2D eigenvalue weighted by molar-refractivity contribution is 9.09. The smallest absolute Gasteiger partial charge is 0.0478 e. The van der Waals surface area contributed by atoms with Gasteiger partial charge in [-0.05, 0) is 33.2 Å². The van der Waals surface area contributed by atoms with E-state index < -0.39 is 0 Å². The Morgan fingerprint density at radius 2 is 2.07 bits per heavy atom. The average Bonchev–Trinajstić information content (AvgIpc) is 2.25. The van der Waals surface area contributed by atoms with Gasteiger partial charge in [-0.3, -0.25) is 0 Å². The third-order valence-electron chi connectivity index (χ3n) is 3.22. The summed E-state index contributed by atoms with van der Waals surface area (Å²) in [6.07, 6.45) is 6.61. The molecule has 90 valence electrons. The summed E-state index contributed by atoms with van der Waals surface area (Å²) in [7, 11) is 2.25. The number of nitrogens with zero attached hydrogens (tertiary/aromatic N) is 1. The number of ether oxygens (including phenoxy) is 1. The maximum Gasteiger partial charge on any atom is 0.0478 e. The lowest BCUT2D eigenvalue weighted by molar-refractivity contribution is 0.123. The van der Waals surface area contributed by atoms with Crippen LogP contribution in [-0.2, 0) is 4.74 Å². The molecule has 0 N–H and O–H groups in total. The molecule has 0 aliphatic heterocycles. The van der Waals surface area contributed by atoms with Crippen LogP contribution in [-0.4, -0.2) is 42.6 Å². The second-order valence-electron chi connectivity index (χ2n) is 4.40. The van der Waals surface area contributed by atoms with Gasteiger partial charge in [0.05, 0.1) is 0 Å². The number of alkyl halides is 1. The van der Waals surface area contributed by atoms with Gasteiger partial charge in [0.1, 0.15) is 0 Å². The van der Waals surface area contributed by atoms with Gasteiger partial charge in [0, 0.05) is 30.6 Å². The lowest BCUT2D eigenvalue weighted by Crippen LogP contribution is -2.41. The number of hydrogen-bond donors (Lipinski definition) is 0. The van der Waals surface area contributed by atoms with Gasteiger partial charge in [-0.25, -0.2) is 0 Å². The minimum atomic E-state index is 0.698. The van der Waals surface area contributed by atoms with Crippen LogP contribution in [0.5, 0.6) is 0 Å². The summed E-state index contributed by atoms with van der Waals surface area (Å²) in [5, 5.41) is 0. The molecule has 2 atom stereocenters. The maximum atomic E-state index is 5.36. The number of hydrogen-bond acceptors (Lipinski definition) is 2. The monoisotopic (exact) mass is 277 g/mol. The summed E-state index contributed by atoms with van der Waals surface area (Å²) in [5.74, 6) is 0. The zero-order valence-electron chi connectivity index (χ0n) is 10.0. The van der Waals surface area contributed by atoms with E-state index in [0.717, 1.165) is 32.2 Å². The molecular formula is C12H24BrNO. The Balaban J connectivity index is 2.16. The fourth-order valence-corrected chi connectivity index (χ4v) is 3.28. The van der Waals surface area contributed by atoms with Crippen molar-refractivity contribution in [2.45, 2.75) is 49.9 Å². The van der Waals surface area contributed by atoms with E-state index in [1.165, 1.54) is 25.7 Å². The second kappa shape index (κ2) is 7.64. The second-order valence-corrected chi connectivity index (χ2v) is 5.58. The molecule has 1 aliphatic carbocycles. The van der Waals surface area contributed by atoms with Crippen molar-refractivity contribution < 1.29 is 4.74 Å². The molecular weight excluding hydrogens is 254 g/mol. The Bertz CT molecular complexity index is 166. The molecule has 0 bridgehead atoms. The van der Waals surface area contributed by atoms with Crippen LogP contribution in [0.15, 0.2) is 0 Å². The molecule has 1 saturated carbocycles. The van der Waals surface area contributed by atoms with E-state index in [4.69, 9.17) is 4.74 Å². The molecule has 3 heteroatoms. The van der Waals surface area contributed by atoms with Crippen LogP contribution in [0.3, 0.4) is 0 Å². The van der Waals surface area contributed by atoms with E-state index >= 15 is 0 Å². The highest BCUT2D eigenvalue weighted by Crippen LogP contribution is 2.27. The third kappa shape index (κ3) is 4.83. The fraction of sp³-hybridized carbons (Fsp3) is 1.00. The van der Waals surface area contributed by atoms with Crippen molar-refractivity contribution in [2.24, 2.45) is 0 Å². The van der Waals surface area contributed by atoms with Crippen molar-refractivity contribution in [3.63, 3.8) is 0 Å². The molecule has 1 aliphatic rings. The van der Waals surface area contributed by atoms with Gasteiger partial charge in [0.25, 0.3) is 0 Å². The van der Waals surface area contributed by atoms with Gasteiger partial charge < -0.3 is 9.64 Å². The molecule has 1 fully saturated rings. The summed E-state index contributed by atoms with van der Waals surface area (Å²) >= 11 is 3.81. The van der Waals surface area contributed by atoms with Crippen molar-refractivity contribution in [3.8, 4) is 0 Å². The zero-order chi connectivity index (χ0) is 11.1. The van der Waals surface area contributed by atoms with Crippen LogP contribution in [0.1, 0.15) is 39.0 Å². The van der Waals surface area contributed by atoms with E-state index in [0.29, 0.717) is 4.83 Å². The largest absolute Gasteiger partial charge is 0.382 e. The average molecular weight is 278 g/mol. The first-order valence-electron chi connectivity index (χ1n) is 6.17. The van der Waals surface area contributed by atoms with Crippen LogP contribution in [0.4, 0.5) is 0 Å². The SMILES string of the molecule is CCOCCCN(C)C1CCCCC1Br. The standard InChI is InChI=1S/C12H24BrNO/c1-3-15-10-6-9-14(2)12-8-5-4-7-11(12)13/h11-12H,3-10H2,1-2H3. The molecule has 0 heterocycles. The van der Waals surface area contributed by atoms with E-state index in [2.05, 4.69) is 34.8 Å². The predicted molar refractivity (Wildman–Crippen MR) is 68.7 cm³/mol. The van der Waals surface area contributed by atoms with E-state index in [1.54, 1.807) is 0 Å². The summed E-state index contributed by atoms with van der Waals surface area (Å²) in [4.78, 5) is 3.20. The van der Waals surface area contributed by atoms with E-state index in [9.17, 15) is 0 Å². The van der Waals surface area contributed by atoms with Gasteiger partial charge in [0.2, 0.25) is 0 Å². The Kier molecular flexibility index (Phi) is 6.86. The first-order valence-corrected chi connectivity index (χ1v) is 7.09. The van der Waals surface area contributed by atoms with Crippen LogP contribution in [0.25, 0.3) is 0 Å². The van der Waals surface area contributed by atoms with Gasteiger partial charge in [0.15, 0.2) is 0 Å². The molecule has 0 saturated heterocycles. The Morgan fingerprint density at radius 1 is 1.33 bits per heavy atom. The van der Waals surface area contributed by atoms with Crippen molar-refractivity contribution in [1.82, 2.24) is 4.90 Å². The van der Waals surface area contributed by atoms with Gasteiger partial charge in [-0.15, -0.1) is 0 Å². The van der Waals surface area contributed by atoms with E-state index in [-0.39, 0.29) is 0 Å². The zero-order valence-corrected chi connectivity index (χ0v) is 11.6. The lowest BCUT2D eigenvalue weighted by atomic mass is 9.94. The minimum absolute atomic E-state index is 0.698. The quantitative estimate of drug-likeness (QED) is 0.547. The highest BCUT2D eigenvalue weighted by Gasteiger charge is 2.25. The molecule has 0 amide bonds. The summed E-state index contributed by atoms with van der Waals surface area (Å²) in [6, 6.07) is 0.736. The first-order chi connectivity index (χ1) is 7.25. The van der Waals surface area contributed by atoms with Crippen molar-refractivity contribution >= 4 is 15.9 Å². The molecule has 0 aromatic carbocycles. The molecule has 15 heavy (non-hydrogen) atoms. The Labute approximate surface area is 102 Å². The minimum Gasteiger partial charge on any atom is -0.382 e. The molecule has 2 nitrogen and oxygen atoms in total. The molecule has 0 aromatic rings. The number of halogens is 1. The maximum absolute atomic E-state index is 5.36. The third-order valence-corrected chi connectivity index (χ3v) is 4.29. The number of rotatable bonds is 6. The van der Waals surface area contributed by atoms with Gasteiger partial charge in [-0.1, -0.05) is 28.8 Å². The molecule has 0 aromatic heterocycles. The topological polar surface area (TPSA) is 12.5 Å². The normalized spacial score (nSPS) is 27.2. The van der Waals surface area contributed by atoms with E-state index in [1.807, 2.05) is 0 Å². The van der Waals surface area contributed by atoms with Crippen molar-refractivity contribution in [3.05, 3.63) is 0 Å². The summed E-state index contributed by atoms with van der Waals surface area (Å²) < 4.78 is 5.36.